The van der Waals surface area contributed by atoms with Crippen LogP contribution in [0.2, 0.25) is 0 Å². The van der Waals surface area contributed by atoms with Crippen molar-refractivity contribution in [1.29, 1.82) is 0 Å². The summed E-state index contributed by atoms with van der Waals surface area (Å²) in [6, 6.07) is 12.1. The number of rotatable bonds is 6. The van der Waals surface area contributed by atoms with Crippen molar-refractivity contribution < 1.29 is 4.74 Å². The van der Waals surface area contributed by atoms with Gasteiger partial charge < -0.3 is 14.9 Å². The highest BCUT2D eigenvalue weighted by Crippen LogP contribution is 2.31. The molecule has 0 radical (unpaired) electrons. The number of aliphatic imine (C=N–C) groups is 1. The molecule has 0 spiro atoms. The van der Waals surface area contributed by atoms with Gasteiger partial charge in [0.15, 0.2) is 0 Å². The standard InChI is InChI=1S/C21H24BN3O/c1-15-14-17(8-5-16-6-9-18(26-2)10-7-16)24-21(15)19(11-12-23)20-4-3-13-25(20)22/h3-10,13-14H,11-12,22-23H2,1-2H3/b8-5+,21-19-. The highest BCUT2D eigenvalue weighted by molar-refractivity contribution is 6.11. The van der Waals surface area contributed by atoms with Crippen molar-refractivity contribution in [2.75, 3.05) is 13.7 Å². The Kier molecular flexibility index (Phi) is 5.59. The molecular formula is C21H24BN3O. The van der Waals surface area contributed by atoms with Gasteiger partial charge in [0, 0.05) is 11.3 Å². The molecule has 5 heteroatoms. The number of benzene rings is 1. The van der Waals surface area contributed by atoms with E-state index in [1.165, 1.54) is 16.8 Å². The van der Waals surface area contributed by atoms with Crippen LogP contribution in [0.15, 0.2) is 71.0 Å². The largest absolute Gasteiger partial charge is 0.497 e. The minimum atomic E-state index is 0.601. The topological polar surface area (TPSA) is 52.5 Å². The number of allylic oxidation sites excluding steroid dienone is 3. The predicted molar refractivity (Wildman–Crippen MR) is 112 cm³/mol. The van der Waals surface area contributed by atoms with Crippen LogP contribution >= 0.6 is 0 Å². The van der Waals surface area contributed by atoms with E-state index >= 15 is 0 Å². The van der Waals surface area contributed by atoms with Gasteiger partial charge >= 0.3 is 0 Å². The smallest absolute Gasteiger partial charge is 0.223 e. The highest BCUT2D eigenvalue weighted by Gasteiger charge is 2.16. The van der Waals surface area contributed by atoms with E-state index in [1.54, 1.807) is 7.11 Å². The van der Waals surface area contributed by atoms with E-state index in [1.807, 2.05) is 30.3 Å². The molecule has 1 aliphatic rings. The second kappa shape index (κ2) is 8.06. The van der Waals surface area contributed by atoms with Gasteiger partial charge in [0.05, 0.1) is 18.5 Å². The number of hydrogen-bond donors (Lipinski definition) is 1. The minimum absolute atomic E-state index is 0.601. The number of methoxy groups -OCH3 is 1. The molecule has 1 aliphatic heterocycles. The third-order valence-corrected chi connectivity index (χ3v) is 4.47. The summed E-state index contributed by atoms with van der Waals surface area (Å²) in [6.07, 6.45) is 9.08. The summed E-state index contributed by atoms with van der Waals surface area (Å²) >= 11 is 0. The maximum absolute atomic E-state index is 5.86. The number of aromatic nitrogens is 1. The third-order valence-electron chi connectivity index (χ3n) is 4.47. The summed E-state index contributed by atoms with van der Waals surface area (Å²) in [6.45, 7) is 2.70. The average Bonchev–Trinajstić information content (AvgIpc) is 3.24. The fraction of sp³-hybridized carbons (Fsp3) is 0.190. The van der Waals surface area contributed by atoms with Crippen molar-refractivity contribution in [2.45, 2.75) is 13.3 Å². The second-order valence-electron chi connectivity index (χ2n) is 6.34. The molecule has 3 rings (SSSR count). The van der Waals surface area contributed by atoms with Crippen molar-refractivity contribution in [3.05, 3.63) is 77.3 Å². The Morgan fingerprint density at radius 2 is 2.00 bits per heavy atom. The number of nitrogens with two attached hydrogens (primary N) is 1. The SMILES string of the molecule is Bn1cccc1/C(CCN)=C1N=C(/C=C/c2ccc(OC)cc2)C=C\1C. The van der Waals surface area contributed by atoms with Crippen molar-refractivity contribution in [2.24, 2.45) is 10.7 Å². The van der Waals surface area contributed by atoms with Gasteiger partial charge in [-0.2, -0.15) is 0 Å². The molecule has 0 amide bonds. The Labute approximate surface area is 155 Å². The van der Waals surface area contributed by atoms with Gasteiger partial charge in [-0.1, -0.05) is 18.2 Å². The lowest BCUT2D eigenvalue weighted by atomic mass is 10.0. The highest BCUT2D eigenvalue weighted by atomic mass is 16.5. The van der Waals surface area contributed by atoms with Crippen LogP contribution in [0, 0.1) is 0 Å². The van der Waals surface area contributed by atoms with Crippen molar-refractivity contribution in [3.63, 3.8) is 0 Å². The zero-order valence-electron chi connectivity index (χ0n) is 15.6. The van der Waals surface area contributed by atoms with Crippen molar-refractivity contribution >= 4 is 25.3 Å². The molecule has 2 aromatic rings. The van der Waals surface area contributed by atoms with Gasteiger partial charge in [-0.15, -0.1) is 0 Å². The van der Waals surface area contributed by atoms with E-state index in [9.17, 15) is 0 Å². The third kappa shape index (κ3) is 3.89. The van der Waals surface area contributed by atoms with Crippen LogP contribution in [0.1, 0.15) is 24.6 Å². The minimum Gasteiger partial charge on any atom is -0.497 e. The van der Waals surface area contributed by atoms with Crippen LogP contribution < -0.4 is 10.5 Å². The maximum Gasteiger partial charge on any atom is 0.223 e. The van der Waals surface area contributed by atoms with Crippen LogP contribution in [0.3, 0.4) is 0 Å². The molecule has 0 saturated heterocycles. The first kappa shape index (κ1) is 18.0. The summed E-state index contributed by atoms with van der Waals surface area (Å²) < 4.78 is 7.31. The molecule has 26 heavy (non-hydrogen) atoms. The zero-order valence-corrected chi connectivity index (χ0v) is 15.6. The lowest BCUT2D eigenvalue weighted by Crippen LogP contribution is -2.05. The van der Waals surface area contributed by atoms with Crippen LogP contribution in [0.5, 0.6) is 5.75 Å². The fourth-order valence-corrected chi connectivity index (χ4v) is 3.11. The quantitative estimate of drug-likeness (QED) is 0.818. The summed E-state index contributed by atoms with van der Waals surface area (Å²) in [4.78, 5) is 4.86. The van der Waals surface area contributed by atoms with Crippen LogP contribution in [0.4, 0.5) is 0 Å². The van der Waals surface area contributed by atoms with Gasteiger partial charge in [0.1, 0.15) is 5.75 Å². The summed E-state index contributed by atoms with van der Waals surface area (Å²) in [5.41, 5.74) is 12.5. The van der Waals surface area contributed by atoms with Crippen molar-refractivity contribution in [1.82, 2.24) is 4.48 Å². The van der Waals surface area contributed by atoms with E-state index in [0.717, 1.165) is 29.1 Å². The Hall–Kier alpha value is -2.79. The molecule has 1 aromatic carbocycles. The monoisotopic (exact) mass is 345 g/mol. The van der Waals surface area contributed by atoms with Gasteiger partial charge in [0.25, 0.3) is 0 Å². The van der Waals surface area contributed by atoms with E-state index in [2.05, 4.69) is 49.9 Å². The predicted octanol–water partition coefficient (Wildman–Crippen LogP) is 3.07. The van der Waals surface area contributed by atoms with Gasteiger partial charge in [-0.05, 0) is 73.6 Å². The Morgan fingerprint density at radius 3 is 2.62 bits per heavy atom. The number of ether oxygens (including phenoxy) is 1. The first-order valence-corrected chi connectivity index (χ1v) is 8.77. The molecule has 132 valence electrons. The van der Waals surface area contributed by atoms with Crippen LogP contribution in [0.25, 0.3) is 11.6 Å². The molecule has 2 heterocycles. The maximum atomic E-state index is 5.86. The second-order valence-corrected chi connectivity index (χ2v) is 6.34. The van der Waals surface area contributed by atoms with Gasteiger partial charge in [0.2, 0.25) is 7.98 Å². The van der Waals surface area contributed by atoms with E-state index < -0.39 is 0 Å². The lowest BCUT2D eigenvalue weighted by molar-refractivity contribution is 0.415. The van der Waals surface area contributed by atoms with E-state index in [-0.39, 0.29) is 0 Å². The van der Waals surface area contributed by atoms with Crippen molar-refractivity contribution in [3.8, 4) is 5.75 Å². The number of hydrogen-bond acceptors (Lipinski definition) is 3. The molecule has 2 N–H and O–H groups in total. The van der Waals surface area contributed by atoms with Gasteiger partial charge in [-0.3, -0.25) is 0 Å². The molecule has 4 nitrogen and oxygen atoms in total. The first-order chi connectivity index (χ1) is 12.6. The van der Waals surface area contributed by atoms with Gasteiger partial charge in [-0.25, -0.2) is 4.99 Å². The Bertz CT molecular complexity index is 902. The molecular weight excluding hydrogens is 321 g/mol. The van der Waals surface area contributed by atoms with Crippen LogP contribution in [-0.2, 0) is 0 Å². The Balaban J connectivity index is 1.90. The first-order valence-electron chi connectivity index (χ1n) is 8.77. The summed E-state index contributed by atoms with van der Waals surface area (Å²) in [5, 5.41) is 0. The normalized spacial score (nSPS) is 16.0. The molecule has 0 bridgehead atoms. The molecule has 0 saturated carbocycles. The van der Waals surface area contributed by atoms with E-state index in [0.29, 0.717) is 6.54 Å². The number of nitrogens with zero attached hydrogens (tertiary/aromatic N) is 2. The average molecular weight is 345 g/mol. The molecule has 1 aromatic heterocycles. The van der Waals surface area contributed by atoms with E-state index in [4.69, 9.17) is 15.5 Å². The zero-order chi connectivity index (χ0) is 18.5. The summed E-state index contributed by atoms with van der Waals surface area (Å²) in [7, 11) is 3.72. The molecule has 0 atom stereocenters. The Morgan fingerprint density at radius 1 is 1.23 bits per heavy atom. The molecule has 0 unspecified atom stereocenters. The lowest BCUT2D eigenvalue weighted by Gasteiger charge is -2.11. The molecule has 0 fully saturated rings. The van der Waals surface area contributed by atoms with Crippen LogP contribution in [-0.4, -0.2) is 31.8 Å². The fourth-order valence-electron chi connectivity index (χ4n) is 3.11. The molecule has 0 aliphatic carbocycles. The summed E-state index contributed by atoms with van der Waals surface area (Å²) in [5.74, 6) is 0.857.